The van der Waals surface area contributed by atoms with E-state index in [1.54, 1.807) is 6.07 Å². The van der Waals surface area contributed by atoms with Gasteiger partial charge >= 0.3 is 7.12 Å². The van der Waals surface area contributed by atoms with Gasteiger partial charge in [-0.3, -0.25) is 4.79 Å². The van der Waals surface area contributed by atoms with Gasteiger partial charge in [-0.2, -0.15) is 0 Å². The maximum absolute atomic E-state index is 14.1. The van der Waals surface area contributed by atoms with Crippen molar-refractivity contribution in [2.24, 2.45) is 0 Å². The van der Waals surface area contributed by atoms with E-state index >= 15 is 0 Å². The smallest absolute Gasteiger partial charge is 0.399 e. The van der Waals surface area contributed by atoms with Gasteiger partial charge in [-0.1, -0.05) is 6.07 Å². The number of rotatable bonds is 4. The molecule has 2 rings (SSSR count). The molecule has 1 aliphatic heterocycles. The Hall–Kier alpha value is -1.44. The van der Waals surface area contributed by atoms with Crippen molar-refractivity contribution in [3.8, 4) is 0 Å². The summed E-state index contributed by atoms with van der Waals surface area (Å²) >= 11 is 0. The first-order valence-electron chi connectivity index (χ1n) is 7.22. The zero-order chi connectivity index (χ0) is 16.5. The van der Waals surface area contributed by atoms with Gasteiger partial charge in [0, 0.05) is 6.54 Å². The van der Waals surface area contributed by atoms with E-state index in [0.29, 0.717) is 5.46 Å². The molecule has 0 radical (unpaired) electrons. The highest BCUT2D eigenvalue weighted by molar-refractivity contribution is 6.62. The zero-order valence-electron chi connectivity index (χ0n) is 13.3. The number of aliphatic hydroxyl groups is 1. The molecule has 1 amide bonds. The number of amides is 1. The number of nitrogens with one attached hydrogen (secondary N) is 1. The second kappa shape index (κ2) is 5.99. The van der Waals surface area contributed by atoms with Crippen LogP contribution >= 0.6 is 0 Å². The van der Waals surface area contributed by atoms with E-state index in [1.165, 1.54) is 12.1 Å². The lowest BCUT2D eigenvalue weighted by Gasteiger charge is -2.32. The number of halogens is 1. The third-order valence-corrected chi connectivity index (χ3v) is 4.16. The molecular weight excluding hydrogens is 288 g/mol. The van der Waals surface area contributed by atoms with Crippen LogP contribution in [0, 0.1) is 5.82 Å². The Balaban J connectivity index is 2.19. The van der Waals surface area contributed by atoms with Gasteiger partial charge in [-0.25, -0.2) is 4.39 Å². The van der Waals surface area contributed by atoms with E-state index in [-0.39, 0.29) is 18.7 Å². The van der Waals surface area contributed by atoms with Crippen molar-refractivity contribution in [1.82, 2.24) is 5.32 Å². The number of aliphatic hydroxyl groups excluding tert-OH is 1. The van der Waals surface area contributed by atoms with Crippen molar-refractivity contribution in [1.29, 1.82) is 0 Å². The fourth-order valence-corrected chi connectivity index (χ4v) is 2.11. The van der Waals surface area contributed by atoms with Crippen LogP contribution in [0.2, 0.25) is 0 Å². The minimum absolute atomic E-state index is 0.0753. The Morgan fingerprint density at radius 3 is 2.36 bits per heavy atom. The molecule has 0 spiro atoms. The molecule has 22 heavy (non-hydrogen) atoms. The molecule has 2 N–H and O–H groups in total. The predicted octanol–water partition coefficient (Wildman–Crippen LogP) is 0.847. The van der Waals surface area contributed by atoms with E-state index in [0.717, 1.165) is 0 Å². The molecular formula is C15H21BFNO4. The molecule has 0 saturated carbocycles. The molecule has 1 heterocycles. The molecule has 0 unspecified atom stereocenters. The van der Waals surface area contributed by atoms with E-state index < -0.39 is 30.0 Å². The third-order valence-electron chi connectivity index (χ3n) is 4.16. The van der Waals surface area contributed by atoms with Gasteiger partial charge in [0.05, 0.1) is 23.4 Å². The number of hydrogen-bond acceptors (Lipinski definition) is 4. The van der Waals surface area contributed by atoms with Gasteiger partial charge in [-0.15, -0.1) is 0 Å². The lowest BCUT2D eigenvalue weighted by Crippen LogP contribution is -2.41. The molecule has 1 saturated heterocycles. The van der Waals surface area contributed by atoms with Crippen LogP contribution in [-0.2, 0) is 9.31 Å². The van der Waals surface area contributed by atoms with Crippen LogP contribution in [0.1, 0.15) is 38.1 Å². The molecule has 0 bridgehead atoms. The van der Waals surface area contributed by atoms with Crippen molar-refractivity contribution in [2.45, 2.75) is 38.9 Å². The summed E-state index contributed by atoms with van der Waals surface area (Å²) < 4.78 is 25.8. The van der Waals surface area contributed by atoms with Crippen LogP contribution in [0.25, 0.3) is 0 Å². The molecule has 0 aliphatic carbocycles. The largest absolute Gasteiger partial charge is 0.494 e. The quantitative estimate of drug-likeness (QED) is 0.809. The molecule has 0 aromatic heterocycles. The third kappa shape index (κ3) is 3.16. The number of benzene rings is 1. The summed E-state index contributed by atoms with van der Waals surface area (Å²) in [5.74, 6) is -1.21. The minimum atomic E-state index is -0.672. The normalized spacial score (nSPS) is 19.3. The molecule has 1 aromatic rings. The van der Waals surface area contributed by atoms with E-state index in [2.05, 4.69) is 5.32 Å². The highest BCUT2D eigenvalue weighted by atomic mass is 19.1. The average molecular weight is 309 g/mol. The van der Waals surface area contributed by atoms with E-state index in [9.17, 15) is 9.18 Å². The number of hydrogen-bond donors (Lipinski definition) is 2. The summed E-state index contributed by atoms with van der Waals surface area (Å²) in [5.41, 5.74) is -0.569. The Morgan fingerprint density at radius 1 is 1.27 bits per heavy atom. The van der Waals surface area contributed by atoms with Gasteiger partial charge in [0.15, 0.2) is 0 Å². The van der Waals surface area contributed by atoms with Gasteiger partial charge in [0.2, 0.25) is 0 Å². The summed E-state index contributed by atoms with van der Waals surface area (Å²) in [5, 5.41) is 11.1. The fraction of sp³-hybridized carbons (Fsp3) is 0.533. The van der Waals surface area contributed by atoms with Crippen LogP contribution in [-0.4, -0.2) is 42.5 Å². The molecule has 120 valence electrons. The van der Waals surface area contributed by atoms with Gasteiger partial charge in [0.1, 0.15) is 5.82 Å². The van der Waals surface area contributed by atoms with Crippen molar-refractivity contribution in [3.63, 3.8) is 0 Å². The second-order valence-electron chi connectivity index (χ2n) is 6.31. The first-order valence-corrected chi connectivity index (χ1v) is 7.22. The summed E-state index contributed by atoms with van der Waals surface area (Å²) in [4.78, 5) is 11.7. The molecule has 0 atom stereocenters. The van der Waals surface area contributed by atoms with Crippen molar-refractivity contribution < 1.29 is 23.6 Å². The first-order chi connectivity index (χ1) is 10.2. The Morgan fingerprint density at radius 2 is 1.86 bits per heavy atom. The number of carbonyl (C=O) groups excluding carboxylic acids is 1. The van der Waals surface area contributed by atoms with Gasteiger partial charge in [-0.05, 0) is 45.3 Å². The minimum Gasteiger partial charge on any atom is -0.399 e. The lowest BCUT2D eigenvalue weighted by molar-refractivity contribution is 0.00578. The maximum atomic E-state index is 14.1. The Kier molecular flexibility index (Phi) is 4.61. The topological polar surface area (TPSA) is 67.8 Å². The summed E-state index contributed by atoms with van der Waals surface area (Å²) in [6.07, 6.45) is 0. The molecule has 1 aliphatic rings. The highest BCUT2D eigenvalue weighted by Gasteiger charge is 2.51. The van der Waals surface area contributed by atoms with Crippen molar-refractivity contribution in [2.75, 3.05) is 13.2 Å². The molecule has 5 nitrogen and oxygen atoms in total. The zero-order valence-corrected chi connectivity index (χ0v) is 13.3. The fourth-order valence-electron chi connectivity index (χ4n) is 2.11. The number of carbonyl (C=O) groups is 1. The van der Waals surface area contributed by atoms with Crippen molar-refractivity contribution in [3.05, 3.63) is 29.6 Å². The van der Waals surface area contributed by atoms with Crippen LogP contribution in [0.4, 0.5) is 4.39 Å². The molecule has 1 fully saturated rings. The summed E-state index contributed by atoms with van der Waals surface area (Å²) in [6.45, 7) is 7.55. The van der Waals surface area contributed by atoms with Crippen LogP contribution in [0.5, 0.6) is 0 Å². The van der Waals surface area contributed by atoms with Gasteiger partial charge in [0.25, 0.3) is 5.91 Å². The van der Waals surface area contributed by atoms with E-state index in [4.69, 9.17) is 14.4 Å². The average Bonchev–Trinajstić information content (AvgIpc) is 2.64. The maximum Gasteiger partial charge on any atom is 0.494 e. The monoisotopic (exact) mass is 309 g/mol. The van der Waals surface area contributed by atoms with Crippen LogP contribution in [0.3, 0.4) is 0 Å². The lowest BCUT2D eigenvalue weighted by atomic mass is 9.78. The summed E-state index contributed by atoms with van der Waals surface area (Å²) in [6, 6.07) is 4.25. The van der Waals surface area contributed by atoms with Gasteiger partial charge < -0.3 is 19.7 Å². The van der Waals surface area contributed by atoms with Crippen molar-refractivity contribution >= 4 is 18.5 Å². The first kappa shape index (κ1) is 16.9. The summed E-state index contributed by atoms with van der Waals surface area (Å²) in [7, 11) is -0.672. The molecule has 7 heteroatoms. The highest BCUT2D eigenvalue weighted by Crippen LogP contribution is 2.36. The Labute approximate surface area is 130 Å². The predicted molar refractivity (Wildman–Crippen MR) is 81.5 cm³/mol. The SMILES string of the molecule is CC1(C)OB(c2ccc(C(=O)NCCO)c(F)c2)OC1(C)C. The van der Waals surface area contributed by atoms with Crippen LogP contribution < -0.4 is 10.8 Å². The van der Waals surface area contributed by atoms with E-state index in [1.807, 2.05) is 27.7 Å². The molecule has 1 aromatic carbocycles. The van der Waals surface area contributed by atoms with Crippen LogP contribution in [0.15, 0.2) is 18.2 Å². The Bertz CT molecular complexity index is 561. The standard InChI is InChI=1S/C15H21BFNO4/c1-14(2)15(3,4)22-16(21-14)10-5-6-11(12(17)9-10)13(20)18-7-8-19/h5-6,9,19H,7-8H2,1-4H3,(H,18,20). The second-order valence-corrected chi connectivity index (χ2v) is 6.31.